The van der Waals surface area contributed by atoms with Gasteiger partial charge in [0.25, 0.3) is 11.8 Å². The van der Waals surface area contributed by atoms with Crippen molar-refractivity contribution in [2.75, 3.05) is 13.2 Å². The van der Waals surface area contributed by atoms with Crippen molar-refractivity contribution < 1.29 is 19.1 Å². The highest BCUT2D eigenvalue weighted by Gasteiger charge is 2.19. The number of carbonyl (C=O) groups is 3. The first-order valence-corrected chi connectivity index (χ1v) is 8.50. The van der Waals surface area contributed by atoms with Crippen molar-refractivity contribution in [3.8, 4) is 0 Å². The number of ether oxygens (including phenoxy) is 1. The van der Waals surface area contributed by atoms with Gasteiger partial charge in [-0.2, -0.15) is 5.10 Å². The molecule has 0 radical (unpaired) electrons. The van der Waals surface area contributed by atoms with Crippen molar-refractivity contribution in [3.05, 3.63) is 30.0 Å². The van der Waals surface area contributed by atoms with Crippen LogP contribution in [-0.2, 0) is 14.3 Å². The lowest BCUT2D eigenvalue weighted by Gasteiger charge is -2.24. The largest absolute Gasteiger partial charge is 0.456 e. The van der Waals surface area contributed by atoms with Crippen LogP contribution >= 0.6 is 0 Å². The molecule has 3 N–H and O–H groups in total. The minimum atomic E-state index is -0.554. The summed E-state index contributed by atoms with van der Waals surface area (Å²) in [7, 11) is 0. The number of hydrogen-bond donors (Lipinski definition) is 3. The average Bonchev–Trinajstić information content (AvgIpc) is 3.03. The zero-order valence-corrected chi connectivity index (χ0v) is 15.2. The third kappa shape index (κ3) is 5.30. The molecule has 0 bridgehead atoms. The van der Waals surface area contributed by atoms with Gasteiger partial charge in [-0.15, -0.1) is 0 Å². The number of H-pyrrole nitrogens is 1. The maximum absolute atomic E-state index is 12.1. The van der Waals surface area contributed by atoms with E-state index in [1.165, 1.54) is 0 Å². The molecule has 0 aliphatic carbocycles. The topological polar surface area (TPSA) is 113 Å². The molecule has 0 aliphatic heterocycles. The quantitative estimate of drug-likeness (QED) is 0.618. The number of carbonyl (C=O) groups excluding carboxylic acids is 3. The van der Waals surface area contributed by atoms with Crippen LogP contribution in [0.2, 0.25) is 0 Å². The molecule has 1 aromatic heterocycles. The van der Waals surface area contributed by atoms with E-state index in [9.17, 15) is 14.4 Å². The Bertz CT molecular complexity index is 797. The lowest BCUT2D eigenvalue weighted by molar-refractivity contribution is -0.148. The first-order valence-electron chi connectivity index (χ1n) is 8.50. The molecular weight excluding hydrogens is 336 g/mol. The number of nitrogens with one attached hydrogen (secondary N) is 3. The summed E-state index contributed by atoms with van der Waals surface area (Å²) in [6.07, 6.45) is 0.735. The van der Waals surface area contributed by atoms with Crippen molar-refractivity contribution in [2.45, 2.75) is 39.2 Å². The number of nitrogens with zero attached hydrogens (tertiary/aromatic N) is 1. The standard InChI is InChI=1S/C18H24N4O4/c1-4-18(2,3)20-14(23)11-26-15(24)9-10-19-17(25)16-12-7-5-6-8-13(12)21-22-16/h5-8H,4,9-11H2,1-3H3,(H,19,25)(H,20,23)(H,21,22). The molecule has 26 heavy (non-hydrogen) atoms. The Hall–Kier alpha value is -2.90. The molecule has 0 unspecified atom stereocenters. The smallest absolute Gasteiger partial charge is 0.308 e. The van der Waals surface area contributed by atoms with E-state index in [1.807, 2.05) is 39.0 Å². The molecule has 2 amide bonds. The fourth-order valence-electron chi connectivity index (χ4n) is 2.22. The minimum absolute atomic E-state index is 0.0292. The highest BCUT2D eigenvalue weighted by molar-refractivity contribution is 6.04. The van der Waals surface area contributed by atoms with Gasteiger partial charge in [0.2, 0.25) is 0 Å². The van der Waals surface area contributed by atoms with Crippen LogP contribution < -0.4 is 10.6 Å². The van der Waals surface area contributed by atoms with E-state index in [-0.39, 0.29) is 42.6 Å². The number of hydrogen-bond acceptors (Lipinski definition) is 5. The fraction of sp³-hybridized carbons (Fsp3) is 0.444. The van der Waals surface area contributed by atoms with Crippen LogP contribution in [-0.4, -0.2) is 46.7 Å². The minimum Gasteiger partial charge on any atom is -0.456 e. The van der Waals surface area contributed by atoms with Gasteiger partial charge in [0.1, 0.15) is 0 Å². The highest BCUT2D eigenvalue weighted by atomic mass is 16.5. The molecule has 0 aliphatic rings. The third-order valence-corrected chi connectivity index (χ3v) is 4.03. The van der Waals surface area contributed by atoms with Crippen molar-refractivity contribution >= 4 is 28.7 Å². The Morgan fingerprint density at radius 3 is 2.69 bits per heavy atom. The van der Waals surface area contributed by atoms with E-state index in [4.69, 9.17) is 4.74 Å². The molecule has 0 saturated carbocycles. The SMILES string of the molecule is CCC(C)(C)NC(=O)COC(=O)CCNC(=O)c1n[nH]c2ccccc12. The van der Waals surface area contributed by atoms with Gasteiger partial charge in [-0.1, -0.05) is 25.1 Å². The Kier molecular flexibility index (Phi) is 6.32. The highest BCUT2D eigenvalue weighted by Crippen LogP contribution is 2.14. The monoisotopic (exact) mass is 360 g/mol. The van der Waals surface area contributed by atoms with Gasteiger partial charge in [0, 0.05) is 17.5 Å². The molecule has 0 saturated heterocycles. The van der Waals surface area contributed by atoms with Crippen LogP contribution in [0.15, 0.2) is 24.3 Å². The van der Waals surface area contributed by atoms with E-state index in [2.05, 4.69) is 20.8 Å². The summed E-state index contributed by atoms with van der Waals surface area (Å²) in [4.78, 5) is 35.5. The van der Waals surface area contributed by atoms with Crippen LogP contribution in [0.25, 0.3) is 10.9 Å². The number of esters is 1. The number of aromatic nitrogens is 2. The summed E-state index contributed by atoms with van der Waals surface area (Å²) >= 11 is 0. The number of fused-ring (bicyclic) bond motifs is 1. The van der Waals surface area contributed by atoms with Crippen molar-refractivity contribution in [1.82, 2.24) is 20.8 Å². The number of amides is 2. The van der Waals surface area contributed by atoms with E-state index >= 15 is 0 Å². The fourth-order valence-corrected chi connectivity index (χ4v) is 2.22. The molecule has 2 rings (SSSR count). The van der Waals surface area contributed by atoms with Gasteiger partial charge in [-0.3, -0.25) is 19.5 Å². The van der Waals surface area contributed by atoms with E-state index in [1.54, 1.807) is 6.07 Å². The lowest BCUT2D eigenvalue weighted by atomic mass is 10.0. The number of rotatable bonds is 8. The summed E-state index contributed by atoms with van der Waals surface area (Å²) in [6, 6.07) is 7.27. The van der Waals surface area contributed by atoms with Gasteiger partial charge in [-0.05, 0) is 26.3 Å². The molecule has 0 fully saturated rings. The molecule has 1 heterocycles. The molecule has 2 aromatic rings. The second-order valence-electron chi connectivity index (χ2n) is 6.57. The van der Waals surface area contributed by atoms with E-state index in [0.717, 1.165) is 11.9 Å². The second-order valence-corrected chi connectivity index (χ2v) is 6.57. The maximum Gasteiger partial charge on any atom is 0.308 e. The van der Waals surface area contributed by atoms with Crippen molar-refractivity contribution in [3.63, 3.8) is 0 Å². The predicted molar refractivity (Wildman–Crippen MR) is 96.5 cm³/mol. The van der Waals surface area contributed by atoms with Crippen LogP contribution in [0.5, 0.6) is 0 Å². The normalized spacial score (nSPS) is 11.2. The Labute approximate surface area is 151 Å². The van der Waals surface area contributed by atoms with Gasteiger partial charge in [-0.25, -0.2) is 0 Å². The zero-order chi connectivity index (χ0) is 19.2. The number of para-hydroxylation sites is 1. The average molecular weight is 360 g/mol. The lowest BCUT2D eigenvalue weighted by Crippen LogP contribution is -2.44. The second kappa shape index (κ2) is 8.46. The van der Waals surface area contributed by atoms with Gasteiger partial charge in [0.05, 0.1) is 11.9 Å². The molecule has 8 heteroatoms. The third-order valence-electron chi connectivity index (χ3n) is 4.03. The van der Waals surface area contributed by atoms with Gasteiger partial charge >= 0.3 is 5.97 Å². The molecule has 8 nitrogen and oxygen atoms in total. The first kappa shape index (κ1) is 19.4. The summed E-state index contributed by atoms with van der Waals surface area (Å²) < 4.78 is 4.91. The molecule has 140 valence electrons. The summed E-state index contributed by atoms with van der Waals surface area (Å²) in [5.41, 5.74) is 0.692. The van der Waals surface area contributed by atoms with Crippen molar-refractivity contribution in [1.29, 1.82) is 0 Å². The number of benzene rings is 1. The van der Waals surface area contributed by atoms with E-state index < -0.39 is 5.97 Å². The maximum atomic E-state index is 12.1. The molecular formula is C18H24N4O4. The number of aromatic amines is 1. The van der Waals surface area contributed by atoms with Gasteiger partial charge < -0.3 is 15.4 Å². The van der Waals surface area contributed by atoms with E-state index in [0.29, 0.717) is 5.39 Å². The van der Waals surface area contributed by atoms with Crippen molar-refractivity contribution in [2.24, 2.45) is 0 Å². The molecule has 0 atom stereocenters. The Morgan fingerprint density at radius 2 is 1.96 bits per heavy atom. The predicted octanol–water partition coefficient (Wildman–Crippen LogP) is 1.53. The van der Waals surface area contributed by atoms with Gasteiger partial charge in [0.15, 0.2) is 12.3 Å². The summed E-state index contributed by atoms with van der Waals surface area (Å²) in [5.74, 6) is -1.28. The van der Waals surface area contributed by atoms with Crippen LogP contribution in [0.3, 0.4) is 0 Å². The van der Waals surface area contributed by atoms with Crippen LogP contribution in [0.1, 0.15) is 44.1 Å². The Balaban J connectivity index is 1.73. The molecule has 1 aromatic carbocycles. The summed E-state index contributed by atoms with van der Waals surface area (Å²) in [5, 5.41) is 12.9. The summed E-state index contributed by atoms with van der Waals surface area (Å²) in [6.45, 7) is 5.50. The van der Waals surface area contributed by atoms with Crippen LogP contribution in [0.4, 0.5) is 0 Å². The first-order chi connectivity index (χ1) is 12.3. The van der Waals surface area contributed by atoms with Crippen LogP contribution in [0, 0.1) is 0 Å². The Morgan fingerprint density at radius 1 is 1.23 bits per heavy atom. The molecule has 0 spiro atoms. The zero-order valence-electron chi connectivity index (χ0n) is 15.2.